The molecule has 1 unspecified atom stereocenters. The molecule has 21 heteroatoms. The maximum absolute atomic E-state index is 14.0. The van der Waals surface area contributed by atoms with Crippen LogP contribution >= 0.6 is 0 Å². The Balaban J connectivity index is 6.94. The zero-order chi connectivity index (χ0) is 29.8. The van der Waals surface area contributed by atoms with Crippen molar-refractivity contribution in [2.24, 2.45) is 0 Å². The molecule has 0 N–H and O–H groups in total. The van der Waals surface area contributed by atoms with Crippen molar-refractivity contribution < 1.29 is 92.9 Å². The Kier molecular flexibility index (Phi) is 8.49. The molecule has 0 spiro atoms. The van der Waals surface area contributed by atoms with Crippen molar-refractivity contribution in [2.75, 3.05) is 6.61 Å². The molecule has 0 saturated carbocycles. The van der Waals surface area contributed by atoms with Crippen LogP contribution in [0.15, 0.2) is 12.2 Å². The highest BCUT2D eigenvalue weighted by Crippen LogP contribution is 2.67. The van der Waals surface area contributed by atoms with Crippen molar-refractivity contribution in [2.45, 2.75) is 66.9 Å². The molecule has 0 radical (unpaired) electrons. The van der Waals surface area contributed by atoms with E-state index < -0.39 is 78.1 Å². The molecule has 0 aromatic carbocycles. The number of hydrogen-bond acceptors (Lipinski definition) is 2. The number of hydrogen-bond donors (Lipinski definition) is 0. The third-order valence-corrected chi connectivity index (χ3v) is 4.25. The van der Waals surface area contributed by atoms with Crippen LogP contribution in [0.2, 0.25) is 0 Å². The monoisotopic (exact) mass is 582 g/mol. The zero-order valence-corrected chi connectivity index (χ0v) is 16.6. The predicted octanol–water partition coefficient (Wildman–Crippen LogP) is 7.14. The Bertz CT molecular complexity index is 837. The molecule has 214 valence electrons. The number of ether oxygens (including phenoxy) is 1. The van der Waals surface area contributed by atoms with Crippen LogP contribution in [0.4, 0.5) is 83.4 Å². The van der Waals surface area contributed by atoms with Crippen LogP contribution in [0.3, 0.4) is 0 Å². The van der Waals surface area contributed by atoms with E-state index in [1.54, 1.807) is 0 Å². The molecule has 36 heavy (non-hydrogen) atoms. The van der Waals surface area contributed by atoms with E-state index >= 15 is 0 Å². The van der Waals surface area contributed by atoms with Gasteiger partial charge < -0.3 is 4.74 Å². The molecule has 0 bridgehead atoms. The standard InChI is InChI=1S/C15H9F19O2/c1-5(2)6(35)36-4-3-7(16,17)9(19,20)12(25,26)10(21,22)8(18,14(29,30)31)11(23,24)13(27,28)15(32,33)34/h1,3-4H2,2H3. The molecule has 0 aromatic rings. The highest BCUT2D eigenvalue weighted by atomic mass is 19.4. The lowest BCUT2D eigenvalue weighted by Gasteiger charge is -2.46. The zero-order valence-electron chi connectivity index (χ0n) is 16.6. The van der Waals surface area contributed by atoms with E-state index in [0.717, 1.165) is 6.92 Å². The van der Waals surface area contributed by atoms with Crippen LogP contribution in [-0.2, 0) is 9.53 Å². The molecule has 0 heterocycles. The fraction of sp³-hybridized carbons (Fsp3) is 0.800. The lowest BCUT2D eigenvalue weighted by molar-refractivity contribution is -0.475. The average molecular weight is 582 g/mol. The van der Waals surface area contributed by atoms with Crippen LogP contribution in [0, 0.1) is 0 Å². The summed E-state index contributed by atoms with van der Waals surface area (Å²) in [7, 11) is 0. The van der Waals surface area contributed by atoms with Crippen molar-refractivity contribution in [3.05, 3.63) is 12.2 Å². The quantitative estimate of drug-likeness (QED) is 0.156. The number of rotatable bonds is 10. The molecule has 0 fully saturated rings. The molecule has 2 nitrogen and oxygen atoms in total. The smallest absolute Gasteiger partial charge is 0.460 e. The summed E-state index contributed by atoms with van der Waals surface area (Å²) in [6.45, 7) is 1.47. The van der Waals surface area contributed by atoms with E-state index in [1.165, 1.54) is 0 Å². The van der Waals surface area contributed by atoms with Gasteiger partial charge in [-0.05, 0) is 6.92 Å². The van der Waals surface area contributed by atoms with Gasteiger partial charge >= 0.3 is 59.5 Å². The van der Waals surface area contributed by atoms with Gasteiger partial charge in [0.2, 0.25) is 0 Å². The Labute approximate surface area is 186 Å². The van der Waals surface area contributed by atoms with E-state index in [9.17, 15) is 88.2 Å². The van der Waals surface area contributed by atoms with Gasteiger partial charge in [-0.1, -0.05) is 6.58 Å². The van der Waals surface area contributed by atoms with Gasteiger partial charge in [0, 0.05) is 5.57 Å². The van der Waals surface area contributed by atoms with Crippen molar-refractivity contribution in [3.8, 4) is 0 Å². The summed E-state index contributed by atoms with van der Waals surface area (Å²) in [6.07, 6.45) is -19.8. The van der Waals surface area contributed by atoms with E-state index in [1.807, 2.05) is 0 Å². The van der Waals surface area contributed by atoms with Gasteiger partial charge in [-0.3, -0.25) is 0 Å². The maximum atomic E-state index is 14.0. The Morgan fingerprint density at radius 2 is 0.944 bits per heavy atom. The lowest BCUT2D eigenvalue weighted by atomic mass is 9.79. The highest BCUT2D eigenvalue weighted by Gasteiger charge is 2.99. The van der Waals surface area contributed by atoms with Crippen molar-refractivity contribution in [3.63, 3.8) is 0 Å². The van der Waals surface area contributed by atoms with E-state index in [4.69, 9.17) is 0 Å². The van der Waals surface area contributed by atoms with Crippen molar-refractivity contribution in [1.82, 2.24) is 0 Å². The lowest BCUT2D eigenvalue weighted by Crippen LogP contribution is -2.79. The molecule has 0 aliphatic heterocycles. The Morgan fingerprint density at radius 3 is 1.25 bits per heavy atom. The van der Waals surface area contributed by atoms with E-state index in [0.29, 0.717) is 0 Å². The summed E-state index contributed by atoms with van der Waals surface area (Å²) in [6, 6.07) is 0. The van der Waals surface area contributed by atoms with Crippen LogP contribution in [0.5, 0.6) is 0 Å². The summed E-state index contributed by atoms with van der Waals surface area (Å²) < 4.78 is 254. The van der Waals surface area contributed by atoms with Gasteiger partial charge in [0.15, 0.2) is 0 Å². The summed E-state index contributed by atoms with van der Waals surface area (Å²) >= 11 is 0. The first kappa shape index (κ1) is 33.9. The molecule has 0 saturated heterocycles. The fourth-order valence-electron chi connectivity index (χ4n) is 2.14. The summed E-state index contributed by atoms with van der Waals surface area (Å²) in [5, 5.41) is 0. The van der Waals surface area contributed by atoms with Gasteiger partial charge in [-0.15, -0.1) is 0 Å². The molecule has 0 aromatic heterocycles. The third-order valence-electron chi connectivity index (χ3n) is 4.25. The number of carbonyl (C=O) groups is 1. The fourth-order valence-corrected chi connectivity index (χ4v) is 2.14. The molecule has 1 atom stereocenters. The minimum absolute atomic E-state index is 0.665. The third kappa shape index (κ3) is 4.65. The Hall–Kier alpha value is -2.12. The van der Waals surface area contributed by atoms with E-state index in [-0.39, 0.29) is 0 Å². The molecular weight excluding hydrogens is 573 g/mol. The second-order valence-corrected chi connectivity index (χ2v) is 6.90. The van der Waals surface area contributed by atoms with Crippen LogP contribution in [-0.4, -0.2) is 66.1 Å². The van der Waals surface area contributed by atoms with Crippen molar-refractivity contribution in [1.29, 1.82) is 0 Å². The predicted molar refractivity (Wildman–Crippen MR) is 76.0 cm³/mol. The molecule has 0 aliphatic carbocycles. The molecular formula is C15H9F19O2. The minimum Gasteiger partial charge on any atom is -0.462 e. The normalized spacial score (nSPS) is 17.0. The summed E-state index contributed by atoms with van der Waals surface area (Å²) in [5.74, 6) is -52.1. The first-order chi connectivity index (χ1) is 15.3. The summed E-state index contributed by atoms with van der Waals surface area (Å²) in [5.41, 5.74) is -9.90. The second-order valence-electron chi connectivity index (χ2n) is 6.90. The molecule has 0 rings (SSSR count). The van der Waals surface area contributed by atoms with Gasteiger partial charge in [0.25, 0.3) is 0 Å². The van der Waals surface area contributed by atoms with Crippen molar-refractivity contribution >= 4 is 5.97 Å². The Morgan fingerprint density at radius 1 is 0.583 bits per heavy atom. The minimum atomic E-state index is -9.23. The molecule has 0 amide bonds. The first-order valence-electron chi connectivity index (χ1n) is 8.24. The largest absolute Gasteiger partial charge is 0.462 e. The SMILES string of the molecule is C=C(C)C(=O)OCCC(F)(F)C(F)(F)C(F)(F)C(F)(F)C(F)(C(F)(F)F)C(F)(F)C(F)(F)C(F)(F)F. The highest BCUT2D eigenvalue weighted by molar-refractivity contribution is 5.86. The second kappa shape index (κ2) is 9.02. The number of alkyl halides is 19. The van der Waals surface area contributed by atoms with Crippen LogP contribution < -0.4 is 0 Å². The molecule has 0 aliphatic rings. The average Bonchev–Trinajstić information content (AvgIpc) is 2.64. The number of carbonyl (C=O) groups excluding carboxylic acids is 1. The van der Waals surface area contributed by atoms with Gasteiger partial charge in [-0.2, -0.15) is 79.0 Å². The van der Waals surface area contributed by atoms with Crippen LogP contribution in [0.1, 0.15) is 13.3 Å². The summed E-state index contributed by atoms with van der Waals surface area (Å²) in [4.78, 5) is 10.9. The number of halogens is 19. The van der Waals surface area contributed by atoms with E-state index in [2.05, 4.69) is 11.3 Å². The van der Waals surface area contributed by atoms with Gasteiger partial charge in [0.05, 0.1) is 13.0 Å². The number of esters is 1. The van der Waals surface area contributed by atoms with Gasteiger partial charge in [0.1, 0.15) is 0 Å². The van der Waals surface area contributed by atoms with Gasteiger partial charge in [-0.25, -0.2) is 9.18 Å². The topological polar surface area (TPSA) is 26.3 Å². The van der Waals surface area contributed by atoms with Crippen LogP contribution in [0.25, 0.3) is 0 Å². The maximum Gasteiger partial charge on any atom is 0.460 e. The first-order valence-corrected chi connectivity index (χ1v) is 8.24.